The van der Waals surface area contributed by atoms with Crippen molar-refractivity contribution in [2.45, 2.75) is 78.2 Å². The van der Waals surface area contributed by atoms with Crippen molar-refractivity contribution >= 4 is 5.97 Å². The molecule has 0 fully saturated rings. The fourth-order valence-corrected chi connectivity index (χ4v) is 1.77. The molecule has 0 spiro atoms. The Morgan fingerprint density at radius 3 is 2.13 bits per heavy atom. The third-order valence-electron chi connectivity index (χ3n) is 2.55. The standard InChI is InChI=1S/C13H26O2/c1-5-6-7-8-9-10-11-13(3,4)15-12(2)14/h5-11H2,1-4H3. The highest BCUT2D eigenvalue weighted by molar-refractivity contribution is 5.66. The van der Waals surface area contributed by atoms with Gasteiger partial charge in [0.05, 0.1) is 0 Å². The zero-order valence-corrected chi connectivity index (χ0v) is 10.8. The average molecular weight is 214 g/mol. The number of ether oxygens (including phenoxy) is 1. The summed E-state index contributed by atoms with van der Waals surface area (Å²) in [6, 6.07) is 0. The van der Waals surface area contributed by atoms with E-state index < -0.39 is 0 Å². The number of rotatable bonds is 8. The van der Waals surface area contributed by atoms with Crippen LogP contribution >= 0.6 is 0 Å². The van der Waals surface area contributed by atoms with Crippen LogP contribution in [-0.4, -0.2) is 11.6 Å². The summed E-state index contributed by atoms with van der Waals surface area (Å²) in [5, 5.41) is 0. The number of esters is 1. The number of hydrogen-bond donors (Lipinski definition) is 0. The van der Waals surface area contributed by atoms with Crippen molar-refractivity contribution in [3.63, 3.8) is 0 Å². The highest BCUT2D eigenvalue weighted by Gasteiger charge is 2.19. The van der Waals surface area contributed by atoms with Gasteiger partial charge in [0, 0.05) is 6.92 Å². The fraction of sp³-hybridized carbons (Fsp3) is 0.923. The molecule has 0 saturated carbocycles. The minimum absolute atomic E-state index is 0.175. The van der Waals surface area contributed by atoms with E-state index in [2.05, 4.69) is 6.92 Å². The smallest absolute Gasteiger partial charge is 0.303 e. The van der Waals surface area contributed by atoms with E-state index in [-0.39, 0.29) is 11.6 Å². The molecule has 0 aromatic heterocycles. The third kappa shape index (κ3) is 9.77. The lowest BCUT2D eigenvalue weighted by Gasteiger charge is -2.24. The van der Waals surface area contributed by atoms with Crippen molar-refractivity contribution in [3.8, 4) is 0 Å². The van der Waals surface area contributed by atoms with Crippen LogP contribution in [0.25, 0.3) is 0 Å². The quantitative estimate of drug-likeness (QED) is 0.449. The van der Waals surface area contributed by atoms with Crippen LogP contribution in [0.15, 0.2) is 0 Å². The Kier molecular flexibility index (Phi) is 7.45. The number of hydrogen-bond acceptors (Lipinski definition) is 2. The maximum absolute atomic E-state index is 10.8. The maximum Gasteiger partial charge on any atom is 0.303 e. The third-order valence-corrected chi connectivity index (χ3v) is 2.55. The molecule has 2 nitrogen and oxygen atoms in total. The Bertz CT molecular complexity index is 173. The minimum Gasteiger partial charge on any atom is -0.460 e. The lowest BCUT2D eigenvalue weighted by Crippen LogP contribution is -2.26. The predicted octanol–water partition coefficient (Wildman–Crippen LogP) is 4.08. The van der Waals surface area contributed by atoms with Crippen LogP contribution in [0.1, 0.15) is 72.6 Å². The molecule has 0 unspecified atom stereocenters. The van der Waals surface area contributed by atoms with Gasteiger partial charge in [-0.25, -0.2) is 0 Å². The monoisotopic (exact) mass is 214 g/mol. The second-order valence-corrected chi connectivity index (χ2v) is 4.87. The predicted molar refractivity (Wildman–Crippen MR) is 63.8 cm³/mol. The van der Waals surface area contributed by atoms with Gasteiger partial charge in [0.25, 0.3) is 0 Å². The second kappa shape index (κ2) is 7.72. The molecule has 0 saturated heterocycles. The van der Waals surface area contributed by atoms with Crippen LogP contribution < -0.4 is 0 Å². The summed E-state index contributed by atoms with van der Waals surface area (Å²) in [7, 11) is 0. The Morgan fingerprint density at radius 2 is 1.60 bits per heavy atom. The summed E-state index contributed by atoms with van der Waals surface area (Å²) >= 11 is 0. The molecule has 0 rings (SSSR count). The van der Waals surface area contributed by atoms with Gasteiger partial charge in [0.1, 0.15) is 5.60 Å². The van der Waals surface area contributed by atoms with Crippen molar-refractivity contribution in [2.75, 3.05) is 0 Å². The Morgan fingerprint density at radius 1 is 1.07 bits per heavy atom. The molecule has 0 N–H and O–H groups in total. The first-order chi connectivity index (χ1) is 6.98. The van der Waals surface area contributed by atoms with E-state index in [1.165, 1.54) is 39.0 Å². The van der Waals surface area contributed by atoms with Gasteiger partial charge >= 0.3 is 5.97 Å². The molecule has 0 aliphatic heterocycles. The largest absolute Gasteiger partial charge is 0.460 e. The number of carbonyl (C=O) groups is 1. The van der Waals surface area contributed by atoms with E-state index in [9.17, 15) is 4.79 Å². The molecule has 0 atom stereocenters. The number of carbonyl (C=O) groups excluding carboxylic acids is 1. The normalized spacial score (nSPS) is 11.5. The SMILES string of the molecule is CCCCCCCCC(C)(C)OC(C)=O. The second-order valence-electron chi connectivity index (χ2n) is 4.87. The van der Waals surface area contributed by atoms with Crippen LogP contribution in [0.5, 0.6) is 0 Å². The Hall–Kier alpha value is -0.530. The minimum atomic E-state index is -0.281. The summed E-state index contributed by atoms with van der Waals surface area (Å²) < 4.78 is 5.23. The molecule has 0 aliphatic rings. The molecule has 0 aromatic rings. The lowest BCUT2D eigenvalue weighted by atomic mass is 9.99. The molecule has 2 heteroatoms. The fourth-order valence-electron chi connectivity index (χ4n) is 1.77. The van der Waals surface area contributed by atoms with Crippen molar-refractivity contribution in [1.29, 1.82) is 0 Å². The van der Waals surface area contributed by atoms with Crippen LogP contribution in [-0.2, 0) is 9.53 Å². The average Bonchev–Trinajstić information content (AvgIpc) is 2.08. The van der Waals surface area contributed by atoms with E-state index in [0.717, 1.165) is 12.8 Å². The van der Waals surface area contributed by atoms with Crippen molar-refractivity contribution in [3.05, 3.63) is 0 Å². The van der Waals surface area contributed by atoms with Gasteiger partial charge in [0.2, 0.25) is 0 Å². The van der Waals surface area contributed by atoms with Crippen LogP contribution in [0.4, 0.5) is 0 Å². The van der Waals surface area contributed by atoms with E-state index in [1.807, 2.05) is 13.8 Å². The number of unbranched alkanes of at least 4 members (excludes halogenated alkanes) is 5. The molecule has 0 aliphatic carbocycles. The summed E-state index contributed by atoms with van der Waals surface area (Å²) in [5.41, 5.74) is -0.281. The first-order valence-electron chi connectivity index (χ1n) is 6.17. The van der Waals surface area contributed by atoms with Gasteiger partial charge in [-0.1, -0.05) is 39.0 Å². The van der Waals surface area contributed by atoms with E-state index in [0.29, 0.717) is 0 Å². The Labute approximate surface area is 94.4 Å². The van der Waals surface area contributed by atoms with Gasteiger partial charge in [-0.05, 0) is 26.7 Å². The highest BCUT2D eigenvalue weighted by atomic mass is 16.6. The summed E-state index contributed by atoms with van der Waals surface area (Å²) in [4.78, 5) is 10.8. The molecule has 0 aromatic carbocycles. The topological polar surface area (TPSA) is 26.3 Å². The van der Waals surface area contributed by atoms with E-state index >= 15 is 0 Å². The summed E-state index contributed by atoms with van der Waals surface area (Å²) in [6.07, 6.45) is 8.66. The van der Waals surface area contributed by atoms with Crippen LogP contribution in [0.2, 0.25) is 0 Å². The summed E-state index contributed by atoms with van der Waals surface area (Å²) in [5.74, 6) is -0.175. The van der Waals surface area contributed by atoms with Gasteiger partial charge in [-0.2, -0.15) is 0 Å². The lowest BCUT2D eigenvalue weighted by molar-refractivity contribution is -0.154. The van der Waals surface area contributed by atoms with Gasteiger partial charge in [-0.15, -0.1) is 0 Å². The molecule has 0 amide bonds. The molecule has 90 valence electrons. The van der Waals surface area contributed by atoms with E-state index in [4.69, 9.17) is 4.74 Å². The van der Waals surface area contributed by atoms with Crippen molar-refractivity contribution in [2.24, 2.45) is 0 Å². The Balaban J connectivity index is 3.44. The van der Waals surface area contributed by atoms with Crippen molar-refractivity contribution < 1.29 is 9.53 Å². The van der Waals surface area contributed by atoms with Gasteiger partial charge < -0.3 is 4.74 Å². The van der Waals surface area contributed by atoms with Crippen LogP contribution in [0, 0.1) is 0 Å². The molecule has 0 heterocycles. The zero-order valence-electron chi connectivity index (χ0n) is 10.8. The van der Waals surface area contributed by atoms with Gasteiger partial charge in [-0.3, -0.25) is 4.79 Å². The summed E-state index contributed by atoms with van der Waals surface area (Å²) in [6.45, 7) is 7.67. The first kappa shape index (κ1) is 14.5. The van der Waals surface area contributed by atoms with Crippen molar-refractivity contribution in [1.82, 2.24) is 0 Å². The highest BCUT2D eigenvalue weighted by Crippen LogP contribution is 2.19. The molecule has 0 radical (unpaired) electrons. The molecule has 0 bridgehead atoms. The first-order valence-corrected chi connectivity index (χ1v) is 6.17. The van der Waals surface area contributed by atoms with Gasteiger partial charge in [0.15, 0.2) is 0 Å². The zero-order chi connectivity index (χ0) is 11.7. The molecule has 15 heavy (non-hydrogen) atoms. The molecular formula is C13H26O2. The van der Waals surface area contributed by atoms with E-state index in [1.54, 1.807) is 0 Å². The van der Waals surface area contributed by atoms with Crippen LogP contribution in [0.3, 0.4) is 0 Å². The molecular weight excluding hydrogens is 188 g/mol. The maximum atomic E-state index is 10.8.